The minimum absolute atomic E-state index is 0.245. The predicted octanol–water partition coefficient (Wildman–Crippen LogP) is 0.285. The van der Waals surface area contributed by atoms with Crippen LogP contribution in [0, 0.1) is 0 Å². The molecule has 0 saturated carbocycles. The van der Waals surface area contributed by atoms with Crippen LogP contribution in [0.4, 0.5) is 11.8 Å². The van der Waals surface area contributed by atoms with E-state index in [9.17, 15) is 0 Å². The molecule has 0 bridgehead atoms. The molecule has 0 amide bonds. The third kappa shape index (κ3) is 2.12. The largest absolute Gasteiger partial charge is 0.378 e. The first-order chi connectivity index (χ1) is 8.83. The van der Waals surface area contributed by atoms with Crippen molar-refractivity contribution in [2.75, 3.05) is 36.9 Å². The maximum Gasteiger partial charge on any atom is 0.239 e. The molecular formula is C11H14N6O. The van der Waals surface area contributed by atoms with Gasteiger partial charge in [0.15, 0.2) is 5.82 Å². The van der Waals surface area contributed by atoms with E-state index in [4.69, 9.17) is 10.5 Å². The number of aromatic amines is 1. The van der Waals surface area contributed by atoms with Gasteiger partial charge in [0.1, 0.15) is 5.82 Å². The Bertz CT molecular complexity index is 534. The zero-order chi connectivity index (χ0) is 12.4. The van der Waals surface area contributed by atoms with Crippen LogP contribution in [0.25, 0.3) is 11.4 Å². The van der Waals surface area contributed by atoms with Gasteiger partial charge in [0.2, 0.25) is 5.95 Å². The third-order valence-electron chi connectivity index (χ3n) is 2.86. The normalized spacial score (nSPS) is 15.9. The van der Waals surface area contributed by atoms with Crippen LogP contribution in [0.3, 0.4) is 0 Å². The molecule has 0 aliphatic carbocycles. The number of morpholine rings is 1. The second-order valence-electron chi connectivity index (χ2n) is 4.04. The molecule has 0 aromatic carbocycles. The van der Waals surface area contributed by atoms with Gasteiger partial charge in [0.05, 0.1) is 13.2 Å². The van der Waals surface area contributed by atoms with E-state index in [0.717, 1.165) is 37.7 Å². The molecule has 7 nitrogen and oxygen atoms in total. The zero-order valence-corrected chi connectivity index (χ0v) is 9.83. The van der Waals surface area contributed by atoms with Crippen LogP contribution in [0.1, 0.15) is 0 Å². The molecule has 0 radical (unpaired) electrons. The summed E-state index contributed by atoms with van der Waals surface area (Å²) in [4.78, 5) is 10.7. The molecule has 1 fully saturated rings. The van der Waals surface area contributed by atoms with Crippen LogP contribution in [-0.4, -0.2) is 46.5 Å². The SMILES string of the molecule is Nc1n[nH]c(-c2ccnc(N3CCOCC3)c2)n1. The molecule has 3 heterocycles. The summed E-state index contributed by atoms with van der Waals surface area (Å²) in [5, 5.41) is 6.62. The van der Waals surface area contributed by atoms with Crippen molar-refractivity contribution in [3.8, 4) is 11.4 Å². The van der Waals surface area contributed by atoms with Crippen LogP contribution in [0.2, 0.25) is 0 Å². The summed E-state index contributed by atoms with van der Waals surface area (Å²) in [5.74, 6) is 1.82. The first kappa shape index (κ1) is 11.0. The second-order valence-corrected chi connectivity index (χ2v) is 4.04. The van der Waals surface area contributed by atoms with E-state index in [0.29, 0.717) is 5.82 Å². The molecule has 1 aliphatic rings. The van der Waals surface area contributed by atoms with E-state index in [1.807, 2.05) is 12.1 Å². The van der Waals surface area contributed by atoms with Crippen molar-refractivity contribution >= 4 is 11.8 Å². The van der Waals surface area contributed by atoms with Crippen LogP contribution in [0.15, 0.2) is 18.3 Å². The van der Waals surface area contributed by atoms with Crippen molar-refractivity contribution in [2.45, 2.75) is 0 Å². The Balaban J connectivity index is 1.88. The lowest BCUT2D eigenvalue weighted by atomic mass is 10.2. The minimum Gasteiger partial charge on any atom is -0.378 e. The number of nitrogen functional groups attached to an aromatic ring is 1. The molecule has 2 aromatic heterocycles. The summed E-state index contributed by atoms with van der Waals surface area (Å²) in [6, 6.07) is 3.86. The number of aromatic nitrogens is 4. The van der Waals surface area contributed by atoms with Gasteiger partial charge in [0.25, 0.3) is 0 Å². The van der Waals surface area contributed by atoms with Gasteiger partial charge in [-0.1, -0.05) is 0 Å². The van der Waals surface area contributed by atoms with E-state index >= 15 is 0 Å². The topological polar surface area (TPSA) is 93.0 Å². The van der Waals surface area contributed by atoms with E-state index in [1.165, 1.54) is 0 Å². The number of hydrogen-bond donors (Lipinski definition) is 2. The number of rotatable bonds is 2. The fraction of sp³-hybridized carbons (Fsp3) is 0.364. The zero-order valence-electron chi connectivity index (χ0n) is 9.83. The quantitative estimate of drug-likeness (QED) is 0.791. The molecule has 0 unspecified atom stereocenters. The number of pyridine rings is 1. The van der Waals surface area contributed by atoms with Crippen LogP contribution >= 0.6 is 0 Å². The molecule has 3 N–H and O–H groups in total. The summed E-state index contributed by atoms with van der Waals surface area (Å²) < 4.78 is 5.32. The number of nitrogens with zero attached hydrogens (tertiary/aromatic N) is 4. The molecule has 0 spiro atoms. The number of H-pyrrole nitrogens is 1. The van der Waals surface area contributed by atoms with Gasteiger partial charge in [0, 0.05) is 24.8 Å². The monoisotopic (exact) mass is 246 g/mol. The molecular weight excluding hydrogens is 232 g/mol. The van der Waals surface area contributed by atoms with Crippen molar-refractivity contribution < 1.29 is 4.74 Å². The first-order valence-corrected chi connectivity index (χ1v) is 5.80. The summed E-state index contributed by atoms with van der Waals surface area (Å²) in [6.45, 7) is 3.19. The van der Waals surface area contributed by atoms with Crippen LogP contribution in [0.5, 0.6) is 0 Å². The highest BCUT2D eigenvalue weighted by molar-refractivity contribution is 5.60. The van der Waals surface area contributed by atoms with Crippen LogP contribution < -0.4 is 10.6 Å². The molecule has 7 heteroatoms. The lowest BCUT2D eigenvalue weighted by molar-refractivity contribution is 0.122. The number of hydrogen-bond acceptors (Lipinski definition) is 6. The molecule has 1 saturated heterocycles. The Labute approximate surface area is 104 Å². The second kappa shape index (κ2) is 4.61. The molecule has 18 heavy (non-hydrogen) atoms. The number of nitrogens with one attached hydrogen (secondary N) is 1. The lowest BCUT2D eigenvalue weighted by Crippen LogP contribution is -2.36. The molecule has 0 atom stereocenters. The highest BCUT2D eigenvalue weighted by atomic mass is 16.5. The van der Waals surface area contributed by atoms with Crippen molar-refractivity contribution in [3.05, 3.63) is 18.3 Å². The maximum atomic E-state index is 5.50. The van der Waals surface area contributed by atoms with Crippen molar-refractivity contribution in [1.29, 1.82) is 0 Å². The highest BCUT2D eigenvalue weighted by Crippen LogP contribution is 2.20. The van der Waals surface area contributed by atoms with Gasteiger partial charge in [-0.2, -0.15) is 4.98 Å². The summed E-state index contributed by atoms with van der Waals surface area (Å²) in [7, 11) is 0. The van der Waals surface area contributed by atoms with Gasteiger partial charge < -0.3 is 15.4 Å². The highest BCUT2D eigenvalue weighted by Gasteiger charge is 2.13. The number of anilines is 2. The fourth-order valence-corrected chi connectivity index (χ4v) is 1.93. The smallest absolute Gasteiger partial charge is 0.239 e. The van der Waals surface area contributed by atoms with Gasteiger partial charge in [-0.3, -0.25) is 5.10 Å². The van der Waals surface area contributed by atoms with E-state index < -0.39 is 0 Å². The van der Waals surface area contributed by atoms with E-state index in [1.54, 1.807) is 6.20 Å². The average Bonchev–Trinajstić information content (AvgIpc) is 2.87. The van der Waals surface area contributed by atoms with Crippen molar-refractivity contribution in [3.63, 3.8) is 0 Å². The Morgan fingerprint density at radius 2 is 2.17 bits per heavy atom. The molecule has 2 aromatic rings. The molecule has 94 valence electrons. The van der Waals surface area contributed by atoms with Gasteiger partial charge in [-0.25, -0.2) is 4.98 Å². The van der Waals surface area contributed by atoms with Crippen molar-refractivity contribution in [2.24, 2.45) is 0 Å². The van der Waals surface area contributed by atoms with Gasteiger partial charge in [-0.15, -0.1) is 5.10 Å². The van der Waals surface area contributed by atoms with Gasteiger partial charge >= 0.3 is 0 Å². The third-order valence-corrected chi connectivity index (χ3v) is 2.86. The van der Waals surface area contributed by atoms with Crippen LogP contribution in [-0.2, 0) is 4.74 Å². The Morgan fingerprint density at radius 1 is 1.33 bits per heavy atom. The van der Waals surface area contributed by atoms with E-state index in [2.05, 4.69) is 25.1 Å². The van der Waals surface area contributed by atoms with Crippen molar-refractivity contribution in [1.82, 2.24) is 20.2 Å². The number of nitrogens with two attached hydrogens (primary N) is 1. The van der Waals surface area contributed by atoms with E-state index in [-0.39, 0.29) is 5.95 Å². The Kier molecular flexibility index (Phi) is 2.81. The maximum absolute atomic E-state index is 5.50. The summed E-state index contributed by atoms with van der Waals surface area (Å²) >= 11 is 0. The molecule has 3 rings (SSSR count). The Morgan fingerprint density at radius 3 is 2.89 bits per heavy atom. The summed E-state index contributed by atoms with van der Waals surface area (Å²) in [5.41, 5.74) is 6.43. The predicted molar refractivity (Wildman–Crippen MR) is 67.1 cm³/mol. The Hall–Kier alpha value is -2.15. The fourth-order valence-electron chi connectivity index (χ4n) is 1.93. The summed E-state index contributed by atoms with van der Waals surface area (Å²) in [6.07, 6.45) is 1.76. The standard InChI is InChI=1S/C11H14N6O/c12-11-14-10(15-16-11)8-1-2-13-9(7-8)17-3-5-18-6-4-17/h1-2,7H,3-6H2,(H3,12,14,15,16). The lowest BCUT2D eigenvalue weighted by Gasteiger charge is -2.27. The average molecular weight is 246 g/mol. The van der Waals surface area contributed by atoms with Gasteiger partial charge in [-0.05, 0) is 12.1 Å². The molecule has 1 aliphatic heterocycles. The first-order valence-electron chi connectivity index (χ1n) is 5.80. The minimum atomic E-state index is 0.245. The number of ether oxygens (including phenoxy) is 1.